The van der Waals surface area contributed by atoms with Gasteiger partial charge in [-0.3, -0.25) is 14.6 Å². The zero-order valence-electron chi connectivity index (χ0n) is 21.8. The van der Waals surface area contributed by atoms with Crippen LogP contribution in [0.1, 0.15) is 41.8 Å². The maximum Gasteiger partial charge on any atom is 1.00 e. The molecule has 1 amide bonds. The number of hydrogen-bond donors (Lipinski definition) is 4. The molecule has 18 nitrogen and oxygen atoms in total. The third-order valence-corrected chi connectivity index (χ3v) is 4.77. The largest absolute Gasteiger partial charge is 1.00 e. The van der Waals surface area contributed by atoms with Gasteiger partial charge in [0.15, 0.2) is 0 Å². The van der Waals surface area contributed by atoms with E-state index in [-0.39, 0.29) is 128 Å². The molecule has 0 aliphatic rings. The molecule has 20 heteroatoms. The Balaban J connectivity index is -0.000000181. The van der Waals surface area contributed by atoms with Crippen molar-refractivity contribution in [2.45, 2.75) is 39.2 Å². The third kappa shape index (κ3) is 16.0. The smallest absolute Gasteiger partial charge is 0.550 e. The molecule has 0 fully saturated rings. The van der Waals surface area contributed by atoms with Gasteiger partial charge in [0, 0.05) is 17.7 Å². The van der Waals surface area contributed by atoms with Gasteiger partial charge in [0.2, 0.25) is 5.95 Å². The summed E-state index contributed by atoms with van der Waals surface area (Å²) in [6, 6.07) is 5.03. The zero-order valence-corrected chi connectivity index (χ0v) is 25.8. The van der Waals surface area contributed by atoms with Gasteiger partial charge < -0.3 is 74.2 Å². The second-order valence-electron chi connectivity index (χ2n) is 6.94. The van der Waals surface area contributed by atoms with Crippen molar-refractivity contribution < 1.29 is 122 Å². The standard InChI is InChI=1S/C20H21N5O6.CH4.2Na.7H2O/c21-20-24-16-15(18(29)25-20)12(9-22-16)6-3-10-1-4-11(5-2-10)17(28)23-13(19(30)31)7-8-14(26)27;;;;;;;;;;/h1-2,4-5,9,13H,3,6-8H2,(H,23,28)(H,26,27)(H,30,31)(H4,21,22,24,25,29);1H4;;;7*1H2/q;;2*+1;;;;;;;/p-2/t13-;;;;;;;;;;/m0........../s1. The molecular weight excluding hydrogens is 576 g/mol. The van der Waals surface area contributed by atoms with Crippen LogP contribution in [-0.2, 0) is 22.4 Å². The molecule has 0 spiro atoms. The van der Waals surface area contributed by atoms with E-state index in [1.165, 1.54) is 12.1 Å². The SMILES string of the molecule is C.Nc1nc2[nH]cc(CCc3ccc(C(=O)N[C@@H](CCC(=O)[O-])C(=O)[O-])cc3)c2c(=O)[nH]1.O.O.O.O.O.O.O.[Na+].[Na+]. The van der Waals surface area contributed by atoms with Crippen LogP contribution in [0.5, 0.6) is 0 Å². The van der Waals surface area contributed by atoms with Crippen LogP contribution < -0.4 is 85.9 Å². The van der Waals surface area contributed by atoms with E-state index in [4.69, 9.17) is 5.73 Å². The Hall–Kier alpha value is -2.43. The number of benzene rings is 1. The number of carbonyl (C=O) groups is 3. The number of nitrogens with one attached hydrogen (secondary N) is 3. The summed E-state index contributed by atoms with van der Waals surface area (Å²) in [5, 5.41) is 24.3. The van der Waals surface area contributed by atoms with Crippen LogP contribution in [-0.4, -0.2) is 77.2 Å². The van der Waals surface area contributed by atoms with E-state index in [0.29, 0.717) is 23.9 Å². The van der Waals surface area contributed by atoms with Crippen LogP contribution in [0.3, 0.4) is 0 Å². The van der Waals surface area contributed by atoms with Crippen LogP contribution >= 0.6 is 0 Å². The fourth-order valence-electron chi connectivity index (χ4n) is 3.17. The molecule has 0 aliphatic heterocycles. The normalized spacial score (nSPS) is 8.98. The summed E-state index contributed by atoms with van der Waals surface area (Å²) >= 11 is 0. The van der Waals surface area contributed by atoms with Gasteiger partial charge in [0.25, 0.3) is 11.5 Å². The number of nitrogens with two attached hydrogens (primary N) is 1. The summed E-state index contributed by atoms with van der Waals surface area (Å²) in [4.78, 5) is 55.4. The number of nitrogen functional groups attached to an aromatic ring is 1. The van der Waals surface area contributed by atoms with E-state index in [1.54, 1.807) is 18.3 Å². The van der Waals surface area contributed by atoms with Crippen LogP contribution in [0.4, 0.5) is 5.95 Å². The second kappa shape index (κ2) is 26.5. The van der Waals surface area contributed by atoms with E-state index in [1.807, 2.05) is 0 Å². The van der Waals surface area contributed by atoms with Gasteiger partial charge in [0.1, 0.15) is 5.65 Å². The van der Waals surface area contributed by atoms with Crippen LogP contribution in [0.15, 0.2) is 35.3 Å². The maximum absolute atomic E-state index is 12.2. The molecule has 0 saturated carbocycles. The number of anilines is 1. The first kappa shape index (κ1) is 58.3. The fourth-order valence-corrected chi connectivity index (χ4v) is 3.17. The molecule has 1 atom stereocenters. The Morgan fingerprint density at radius 2 is 1.46 bits per heavy atom. The number of aromatic amines is 2. The molecule has 2 heterocycles. The summed E-state index contributed by atoms with van der Waals surface area (Å²) in [6.45, 7) is 0. The average Bonchev–Trinajstić information content (AvgIpc) is 3.12. The Bertz CT molecular complexity index is 1210. The molecule has 226 valence electrons. The van der Waals surface area contributed by atoms with E-state index < -0.39 is 30.3 Å². The quantitative estimate of drug-likeness (QED) is 0.167. The summed E-state index contributed by atoms with van der Waals surface area (Å²) in [5.41, 5.74) is 7.49. The number of aliphatic carboxylic acids is 2. The number of nitrogens with zero attached hydrogens (tertiary/aromatic N) is 1. The first-order valence-electron chi connectivity index (χ1n) is 9.41. The summed E-state index contributed by atoms with van der Waals surface area (Å²) in [7, 11) is 0. The van der Waals surface area contributed by atoms with E-state index in [0.717, 1.165) is 11.1 Å². The maximum atomic E-state index is 12.2. The Morgan fingerprint density at radius 1 is 0.927 bits per heavy atom. The third-order valence-electron chi connectivity index (χ3n) is 4.77. The van der Waals surface area contributed by atoms with E-state index in [2.05, 4.69) is 20.3 Å². The molecule has 41 heavy (non-hydrogen) atoms. The summed E-state index contributed by atoms with van der Waals surface area (Å²) in [6.07, 6.45) is 1.96. The van der Waals surface area contributed by atoms with Crippen molar-refractivity contribution in [3.8, 4) is 0 Å². The molecule has 3 rings (SSSR count). The van der Waals surface area contributed by atoms with Crippen LogP contribution in [0.2, 0.25) is 0 Å². The zero-order chi connectivity index (χ0) is 22.5. The molecule has 0 unspecified atom stereocenters. The van der Waals surface area contributed by atoms with Crippen molar-refractivity contribution in [1.82, 2.24) is 20.3 Å². The van der Waals surface area contributed by atoms with Crippen molar-refractivity contribution >= 4 is 34.8 Å². The molecule has 0 saturated heterocycles. The van der Waals surface area contributed by atoms with Gasteiger partial charge in [-0.05, 0) is 48.9 Å². The van der Waals surface area contributed by atoms with Gasteiger partial charge >= 0.3 is 59.1 Å². The number of hydrogen-bond acceptors (Lipinski definition) is 8. The van der Waals surface area contributed by atoms with Crippen molar-refractivity contribution in [3.63, 3.8) is 0 Å². The molecular formula is C21H37N5Na2O13. The monoisotopic (exact) mass is 613 g/mol. The van der Waals surface area contributed by atoms with Crippen molar-refractivity contribution in [2.24, 2.45) is 0 Å². The van der Waals surface area contributed by atoms with Gasteiger partial charge in [-0.15, -0.1) is 0 Å². The number of H-pyrrole nitrogens is 2. The van der Waals surface area contributed by atoms with Gasteiger partial charge in [0.05, 0.1) is 17.4 Å². The molecule has 0 radical (unpaired) electrons. The Labute approximate surface area is 277 Å². The topological polar surface area (TPSA) is 417 Å². The summed E-state index contributed by atoms with van der Waals surface area (Å²) in [5.74, 6) is -3.62. The number of amides is 1. The van der Waals surface area contributed by atoms with Crippen LogP contribution in [0, 0.1) is 0 Å². The Kier molecular flexibility index (Phi) is 37.6. The van der Waals surface area contributed by atoms with Crippen molar-refractivity contribution in [1.29, 1.82) is 0 Å². The number of carboxylic acids is 2. The number of carboxylic acid groups (broad SMARTS) is 2. The van der Waals surface area contributed by atoms with Gasteiger partial charge in [-0.2, -0.15) is 4.98 Å². The predicted molar refractivity (Wildman–Crippen MR) is 138 cm³/mol. The first-order chi connectivity index (χ1) is 14.7. The molecule has 2 aromatic heterocycles. The van der Waals surface area contributed by atoms with Crippen molar-refractivity contribution in [2.75, 3.05) is 5.73 Å². The number of rotatable bonds is 9. The average molecular weight is 614 g/mol. The molecule has 3 aromatic rings. The number of fused-ring (bicyclic) bond motifs is 1. The predicted octanol–water partition coefficient (Wildman–Crippen LogP) is -13.1. The van der Waals surface area contributed by atoms with Crippen molar-refractivity contribution in [3.05, 3.63) is 57.5 Å². The molecule has 1 aromatic carbocycles. The fraction of sp³-hybridized carbons (Fsp3) is 0.286. The van der Waals surface area contributed by atoms with Gasteiger partial charge in [-0.1, -0.05) is 19.6 Å². The minimum Gasteiger partial charge on any atom is -0.550 e. The van der Waals surface area contributed by atoms with Crippen LogP contribution in [0.25, 0.3) is 11.0 Å². The molecule has 0 bridgehead atoms. The van der Waals surface area contributed by atoms with E-state index >= 15 is 0 Å². The Morgan fingerprint density at radius 3 is 1.95 bits per heavy atom. The number of aromatic nitrogens is 3. The van der Waals surface area contributed by atoms with E-state index in [9.17, 15) is 29.4 Å². The second-order valence-corrected chi connectivity index (χ2v) is 6.94. The molecule has 19 N–H and O–H groups in total. The summed E-state index contributed by atoms with van der Waals surface area (Å²) < 4.78 is 0. The number of carbonyl (C=O) groups excluding carboxylic acids is 3. The minimum absolute atomic E-state index is 0. The first-order valence-corrected chi connectivity index (χ1v) is 9.41. The van der Waals surface area contributed by atoms with Gasteiger partial charge in [-0.25, -0.2) is 0 Å². The molecule has 0 aliphatic carbocycles. The minimum atomic E-state index is -1.57. The number of aryl methyl sites for hydroxylation is 2.